The number of nitrogens with zero attached hydrogens (tertiary/aromatic N) is 2. The number of fused-ring (bicyclic) bond motifs is 1. The number of carbonyl (C=O) groups excluding carboxylic acids is 2. The van der Waals surface area contributed by atoms with Crippen molar-refractivity contribution in [3.8, 4) is 11.3 Å². The standard InChI is InChI=1S/C22H18N4O2/c23-22(28)17-4-5-20-19(13-17)21(26-25-20)16-3-1-2-15(10-16)12-18(27)11-14-6-8-24-9-7-14/h1-10,13H,11-12H2,(H2,23,28)(H,25,26). The molecular weight excluding hydrogens is 352 g/mol. The first kappa shape index (κ1) is 17.6. The van der Waals surface area contributed by atoms with E-state index in [1.807, 2.05) is 36.4 Å². The average molecular weight is 370 g/mol. The van der Waals surface area contributed by atoms with Gasteiger partial charge in [0.2, 0.25) is 5.91 Å². The highest BCUT2D eigenvalue weighted by Crippen LogP contribution is 2.28. The molecular formula is C22H18N4O2. The van der Waals surface area contributed by atoms with Crippen molar-refractivity contribution in [1.29, 1.82) is 0 Å². The van der Waals surface area contributed by atoms with E-state index in [-0.39, 0.29) is 5.78 Å². The molecule has 2 heterocycles. The van der Waals surface area contributed by atoms with E-state index in [0.717, 1.165) is 33.3 Å². The van der Waals surface area contributed by atoms with Gasteiger partial charge in [-0.25, -0.2) is 0 Å². The first-order chi connectivity index (χ1) is 13.6. The van der Waals surface area contributed by atoms with Crippen molar-refractivity contribution in [2.75, 3.05) is 0 Å². The zero-order valence-corrected chi connectivity index (χ0v) is 15.1. The van der Waals surface area contributed by atoms with Crippen molar-refractivity contribution >= 4 is 22.6 Å². The van der Waals surface area contributed by atoms with Gasteiger partial charge >= 0.3 is 0 Å². The highest BCUT2D eigenvalue weighted by atomic mass is 16.1. The fraction of sp³-hybridized carbons (Fsp3) is 0.0909. The Morgan fingerprint density at radius 3 is 2.50 bits per heavy atom. The second kappa shape index (κ2) is 7.44. The number of hydrogen-bond acceptors (Lipinski definition) is 4. The third-order valence-electron chi connectivity index (χ3n) is 4.60. The van der Waals surface area contributed by atoms with Crippen LogP contribution in [-0.4, -0.2) is 26.9 Å². The average Bonchev–Trinajstić information content (AvgIpc) is 3.12. The summed E-state index contributed by atoms with van der Waals surface area (Å²) in [6.07, 6.45) is 4.09. The van der Waals surface area contributed by atoms with Crippen molar-refractivity contribution in [2.24, 2.45) is 5.73 Å². The molecule has 0 unspecified atom stereocenters. The number of amides is 1. The number of pyridine rings is 1. The summed E-state index contributed by atoms with van der Waals surface area (Å²) in [6, 6.07) is 16.6. The van der Waals surface area contributed by atoms with E-state index in [1.54, 1.807) is 30.6 Å². The topological polar surface area (TPSA) is 102 Å². The Morgan fingerprint density at radius 2 is 1.71 bits per heavy atom. The van der Waals surface area contributed by atoms with Crippen LogP contribution in [0.4, 0.5) is 0 Å². The summed E-state index contributed by atoms with van der Waals surface area (Å²) in [5.41, 5.74) is 10.1. The van der Waals surface area contributed by atoms with Crippen molar-refractivity contribution in [3.05, 3.63) is 83.7 Å². The van der Waals surface area contributed by atoms with Crippen LogP contribution in [0, 0.1) is 0 Å². The van der Waals surface area contributed by atoms with E-state index in [1.165, 1.54) is 0 Å². The maximum Gasteiger partial charge on any atom is 0.248 e. The Labute approximate surface area is 161 Å². The van der Waals surface area contributed by atoms with Crippen LogP contribution in [0.1, 0.15) is 21.5 Å². The first-order valence-corrected chi connectivity index (χ1v) is 8.88. The molecule has 0 saturated heterocycles. The van der Waals surface area contributed by atoms with Crippen LogP contribution >= 0.6 is 0 Å². The highest BCUT2D eigenvalue weighted by molar-refractivity contribution is 6.00. The lowest BCUT2D eigenvalue weighted by Gasteiger charge is -2.05. The largest absolute Gasteiger partial charge is 0.366 e. The summed E-state index contributed by atoms with van der Waals surface area (Å²) in [5, 5.41) is 8.17. The number of H-pyrrole nitrogens is 1. The maximum atomic E-state index is 12.4. The molecule has 1 amide bonds. The molecule has 0 aliphatic heterocycles. The van der Waals surface area contributed by atoms with Crippen molar-refractivity contribution in [3.63, 3.8) is 0 Å². The SMILES string of the molecule is NC(=O)c1ccc2[nH]nc(-c3cccc(CC(=O)Cc4ccncc4)c3)c2c1. The van der Waals surface area contributed by atoms with Crippen LogP contribution in [0.2, 0.25) is 0 Å². The van der Waals surface area contributed by atoms with Gasteiger partial charge in [-0.2, -0.15) is 5.10 Å². The second-order valence-corrected chi connectivity index (χ2v) is 6.64. The minimum absolute atomic E-state index is 0.131. The zero-order valence-electron chi connectivity index (χ0n) is 15.1. The van der Waals surface area contributed by atoms with Gasteiger partial charge in [-0.05, 0) is 47.5 Å². The molecule has 6 heteroatoms. The molecule has 0 aliphatic carbocycles. The Bertz CT molecular complexity index is 1170. The van der Waals surface area contributed by atoms with E-state index in [4.69, 9.17) is 5.73 Å². The number of hydrogen-bond donors (Lipinski definition) is 2. The number of nitrogens with two attached hydrogens (primary N) is 1. The summed E-state index contributed by atoms with van der Waals surface area (Å²) in [4.78, 5) is 27.9. The Balaban J connectivity index is 1.60. The number of carbonyl (C=O) groups is 2. The third-order valence-corrected chi connectivity index (χ3v) is 4.60. The van der Waals surface area contributed by atoms with Gasteiger partial charge in [0.1, 0.15) is 5.78 Å². The molecule has 138 valence electrons. The van der Waals surface area contributed by atoms with Crippen molar-refractivity contribution in [2.45, 2.75) is 12.8 Å². The summed E-state index contributed by atoms with van der Waals surface area (Å²) in [7, 11) is 0. The Hall–Kier alpha value is -3.80. The lowest BCUT2D eigenvalue weighted by Crippen LogP contribution is -2.10. The number of aromatic nitrogens is 3. The molecule has 4 rings (SSSR count). The van der Waals surface area contributed by atoms with Crippen LogP contribution < -0.4 is 5.73 Å². The normalized spacial score (nSPS) is 10.9. The lowest BCUT2D eigenvalue weighted by molar-refractivity contribution is -0.117. The number of ketones is 1. The molecule has 28 heavy (non-hydrogen) atoms. The van der Waals surface area contributed by atoms with Gasteiger partial charge < -0.3 is 5.73 Å². The van der Waals surface area contributed by atoms with Crippen LogP contribution in [0.15, 0.2) is 67.0 Å². The van der Waals surface area contributed by atoms with Gasteiger partial charge in [0.05, 0.1) is 11.2 Å². The van der Waals surface area contributed by atoms with Crippen LogP contribution in [0.25, 0.3) is 22.2 Å². The van der Waals surface area contributed by atoms with Crippen LogP contribution in [0.3, 0.4) is 0 Å². The smallest absolute Gasteiger partial charge is 0.248 e. The second-order valence-electron chi connectivity index (χ2n) is 6.64. The van der Waals surface area contributed by atoms with Crippen LogP contribution in [0.5, 0.6) is 0 Å². The number of primary amides is 1. The minimum atomic E-state index is -0.482. The molecule has 0 fully saturated rings. The quantitative estimate of drug-likeness (QED) is 0.544. The van der Waals surface area contributed by atoms with E-state index in [9.17, 15) is 9.59 Å². The molecule has 4 aromatic rings. The van der Waals surface area contributed by atoms with Crippen molar-refractivity contribution in [1.82, 2.24) is 15.2 Å². The number of aromatic amines is 1. The summed E-state index contributed by atoms with van der Waals surface area (Å²) in [5.74, 6) is -0.351. The fourth-order valence-corrected chi connectivity index (χ4v) is 3.23. The predicted molar refractivity (Wildman–Crippen MR) is 107 cm³/mol. The molecule has 0 radical (unpaired) electrons. The molecule has 3 N–H and O–H groups in total. The minimum Gasteiger partial charge on any atom is -0.366 e. The van der Waals surface area contributed by atoms with E-state index >= 15 is 0 Å². The molecule has 0 atom stereocenters. The number of nitrogens with one attached hydrogen (secondary N) is 1. The summed E-state index contributed by atoms with van der Waals surface area (Å²) < 4.78 is 0. The third kappa shape index (κ3) is 3.66. The lowest BCUT2D eigenvalue weighted by atomic mass is 9.99. The molecule has 0 bridgehead atoms. The zero-order chi connectivity index (χ0) is 19.5. The van der Waals surface area contributed by atoms with Gasteiger partial charge in [0.25, 0.3) is 0 Å². The predicted octanol–water partition coefficient (Wildman–Crippen LogP) is 3.08. The molecule has 6 nitrogen and oxygen atoms in total. The Morgan fingerprint density at radius 1 is 0.929 bits per heavy atom. The Kier molecular flexibility index (Phi) is 4.68. The molecule has 0 spiro atoms. The van der Waals surface area contributed by atoms with E-state index in [0.29, 0.717) is 18.4 Å². The van der Waals surface area contributed by atoms with Gasteiger partial charge in [0, 0.05) is 41.7 Å². The van der Waals surface area contributed by atoms with Gasteiger partial charge in [-0.1, -0.05) is 18.2 Å². The van der Waals surface area contributed by atoms with Crippen LogP contribution in [-0.2, 0) is 17.6 Å². The molecule has 0 saturated carbocycles. The molecule has 2 aromatic carbocycles. The highest BCUT2D eigenvalue weighted by Gasteiger charge is 2.12. The van der Waals surface area contributed by atoms with Gasteiger partial charge in [-0.15, -0.1) is 0 Å². The van der Waals surface area contributed by atoms with Gasteiger partial charge in [-0.3, -0.25) is 19.7 Å². The summed E-state index contributed by atoms with van der Waals surface area (Å²) >= 11 is 0. The monoisotopic (exact) mass is 370 g/mol. The van der Waals surface area contributed by atoms with Crippen molar-refractivity contribution < 1.29 is 9.59 Å². The molecule has 2 aromatic heterocycles. The number of benzene rings is 2. The fourth-order valence-electron chi connectivity index (χ4n) is 3.23. The van der Waals surface area contributed by atoms with Gasteiger partial charge in [0.15, 0.2) is 0 Å². The summed E-state index contributed by atoms with van der Waals surface area (Å²) in [6.45, 7) is 0. The van der Waals surface area contributed by atoms with E-state index in [2.05, 4.69) is 15.2 Å². The first-order valence-electron chi connectivity index (χ1n) is 8.88. The maximum absolute atomic E-state index is 12.4. The molecule has 0 aliphatic rings. The number of Topliss-reactive ketones (excluding diaryl/α,β-unsaturated/α-hetero) is 1. The number of rotatable bonds is 6. The van der Waals surface area contributed by atoms with E-state index < -0.39 is 5.91 Å².